The van der Waals surface area contributed by atoms with E-state index in [0.717, 1.165) is 5.56 Å². The van der Waals surface area contributed by atoms with Gasteiger partial charge in [-0.1, -0.05) is 18.2 Å². The molecule has 0 spiro atoms. The molecule has 3 aromatic carbocycles. The molecule has 0 unspecified atom stereocenters. The molecular weight excluding hydrogens is 601 g/mol. The zero-order valence-corrected chi connectivity index (χ0v) is 23.0. The molecule has 3 aromatic rings. The summed E-state index contributed by atoms with van der Waals surface area (Å²) in [6.45, 7) is 1.65. The minimum atomic E-state index is -0.625. The van der Waals surface area contributed by atoms with Crippen molar-refractivity contribution in [3.05, 3.63) is 86.5 Å². The number of carbonyl (C=O) groups excluding carboxylic acids is 3. The highest BCUT2D eigenvalue weighted by Crippen LogP contribution is 2.34. The van der Waals surface area contributed by atoms with E-state index in [4.69, 9.17) is 9.47 Å². The molecule has 38 heavy (non-hydrogen) atoms. The second-order valence-corrected chi connectivity index (χ2v) is 9.04. The lowest BCUT2D eigenvalue weighted by molar-refractivity contribution is -0.118. The fourth-order valence-electron chi connectivity index (χ4n) is 3.32. The first-order valence-corrected chi connectivity index (χ1v) is 12.3. The Kier molecular flexibility index (Phi) is 9.84. The normalized spacial score (nSPS) is 10.7. The molecule has 0 aliphatic heterocycles. The highest BCUT2D eigenvalue weighted by molar-refractivity contribution is 14.1. The largest absolute Gasteiger partial charge is 0.493 e. The number of nitrogens with zero attached hydrogens (tertiary/aromatic N) is 1. The van der Waals surface area contributed by atoms with Crippen molar-refractivity contribution in [1.82, 2.24) is 0 Å². The maximum Gasteiger partial charge on any atom is 0.337 e. The maximum atomic E-state index is 12.7. The van der Waals surface area contributed by atoms with Gasteiger partial charge in [0.2, 0.25) is 0 Å². The van der Waals surface area contributed by atoms with Crippen LogP contribution in [0.2, 0.25) is 0 Å². The van der Waals surface area contributed by atoms with Gasteiger partial charge in [-0.05, 0) is 89.2 Å². The van der Waals surface area contributed by atoms with Crippen LogP contribution >= 0.6 is 22.6 Å². The van der Waals surface area contributed by atoms with Crippen LogP contribution < -0.4 is 20.1 Å². The van der Waals surface area contributed by atoms with Crippen molar-refractivity contribution >= 4 is 57.8 Å². The predicted octanol–water partition coefficient (Wildman–Crippen LogP) is 4.96. The smallest absolute Gasteiger partial charge is 0.337 e. The molecule has 0 saturated carbocycles. The summed E-state index contributed by atoms with van der Waals surface area (Å²) < 4.78 is 16.4. The van der Waals surface area contributed by atoms with Crippen LogP contribution in [-0.2, 0) is 14.3 Å². The number of hydrogen-bond donors (Lipinski definition) is 2. The molecule has 0 aromatic heterocycles. The van der Waals surface area contributed by atoms with Crippen molar-refractivity contribution in [2.24, 2.45) is 0 Å². The SMILES string of the molecule is COC(=O)c1ccc(NC(=O)/C(C#N)=C\c2cc(I)c(OCC(=O)Nc3ccccc3C)c(OC)c2)cc1. The zero-order chi connectivity index (χ0) is 27.7. The van der Waals surface area contributed by atoms with Gasteiger partial charge in [0.1, 0.15) is 11.6 Å². The number of para-hydroxylation sites is 1. The number of carbonyl (C=O) groups is 3. The predicted molar refractivity (Wildman–Crippen MR) is 151 cm³/mol. The second kappa shape index (κ2) is 13.3. The Morgan fingerprint density at radius 1 is 1.03 bits per heavy atom. The molecule has 3 rings (SSSR count). The summed E-state index contributed by atoms with van der Waals surface area (Å²) in [6.07, 6.45) is 1.41. The van der Waals surface area contributed by atoms with Crippen LogP contribution in [0, 0.1) is 21.8 Å². The summed E-state index contributed by atoms with van der Waals surface area (Å²) >= 11 is 2.03. The van der Waals surface area contributed by atoms with Gasteiger partial charge in [-0.2, -0.15) is 5.26 Å². The minimum Gasteiger partial charge on any atom is -0.493 e. The number of hydrogen-bond acceptors (Lipinski definition) is 7. The van der Waals surface area contributed by atoms with E-state index in [9.17, 15) is 19.6 Å². The molecule has 9 nitrogen and oxygen atoms in total. The molecule has 0 radical (unpaired) electrons. The van der Waals surface area contributed by atoms with Crippen molar-refractivity contribution in [2.45, 2.75) is 6.92 Å². The Morgan fingerprint density at radius 2 is 1.74 bits per heavy atom. The number of ether oxygens (including phenoxy) is 3. The van der Waals surface area contributed by atoms with Gasteiger partial charge < -0.3 is 24.8 Å². The zero-order valence-electron chi connectivity index (χ0n) is 20.8. The minimum absolute atomic E-state index is 0.147. The molecule has 194 valence electrons. The Bertz CT molecular complexity index is 1430. The van der Waals surface area contributed by atoms with Gasteiger partial charge in [0.05, 0.1) is 23.4 Å². The van der Waals surface area contributed by atoms with E-state index in [0.29, 0.717) is 37.6 Å². The molecule has 0 saturated heterocycles. The number of methoxy groups -OCH3 is 2. The number of rotatable bonds is 9. The van der Waals surface area contributed by atoms with Crippen molar-refractivity contribution in [3.8, 4) is 17.6 Å². The maximum absolute atomic E-state index is 12.7. The third kappa shape index (κ3) is 7.33. The molecule has 2 N–H and O–H groups in total. The molecular formula is C28H24IN3O6. The number of amides is 2. The van der Waals surface area contributed by atoms with Gasteiger partial charge in [0.15, 0.2) is 18.1 Å². The summed E-state index contributed by atoms with van der Waals surface area (Å²) in [7, 11) is 2.73. The van der Waals surface area contributed by atoms with E-state index in [1.54, 1.807) is 18.2 Å². The fourth-order valence-corrected chi connectivity index (χ4v) is 4.10. The topological polar surface area (TPSA) is 127 Å². The first-order chi connectivity index (χ1) is 18.2. The van der Waals surface area contributed by atoms with Crippen LogP contribution in [0.15, 0.2) is 66.2 Å². The van der Waals surface area contributed by atoms with Gasteiger partial charge in [-0.25, -0.2) is 4.79 Å². The highest BCUT2D eigenvalue weighted by atomic mass is 127. The first-order valence-electron chi connectivity index (χ1n) is 11.2. The third-order valence-corrected chi connectivity index (χ3v) is 6.06. The number of nitrogens with one attached hydrogen (secondary N) is 2. The van der Waals surface area contributed by atoms with Crippen LogP contribution in [0.4, 0.5) is 11.4 Å². The van der Waals surface area contributed by atoms with Crippen molar-refractivity contribution in [1.29, 1.82) is 5.26 Å². The Hall–Kier alpha value is -4.37. The summed E-state index contributed by atoms with van der Waals surface area (Å²) in [4.78, 5) is 36.7. The number of halogens is 1. The van der Waals surface area contributed by atoms with Gasteiger partial charge >= 0.3 is 5.97 Å². The second-order valence-electron chi connectivity index (χ2n) is 7.88. The summed E-state index contributed by atoms with van der Waals surface area (Å²) in [5, 5.41) is 15.0. The lowest BCUT2D eigenvalue weighted by Crippen LogP contribution is -2.21. The van der Waals surface area contributed by atoms with Gasteiger partial charge in [-0.3, -0.25) is 9.59 Å². The monoisotopic (exact) mass is 625 g/mol. The van der Waals surface area contributed by atoms with Crippen LogP contribution in [0.25, 0.3) is 6.08 Å². The third-order valence-electron chi connectivity index (χ3n) is 5.26. The van der Waals surface area contributed by atoms with Gasteiger partial charge in [-0.15, -0.1) is 0 Å². The summed E-state index contributed by atoms with van der Waals surface area (Å²) in [5.74, 6) is -0.755. The van der Waals surface area contributed by atoms with Crippen LogP contribution in [0.5, 0.6) is 11.5 Å². The first kappa shape index (κ1) is 28.2. The molecule has 0 fully saturated rings. The number of benzene rings is 3. The molecule has 0 bridgehead atoms. The molecule has 0 aliphatic rings. The standard InChI is InChI=1S/C28H24IN3O6/c1-17-6-4-5-7-23(17)32-25(33)16-38-26-22(29)13-18(14-24(26)36-2)12-20(15-30)27(34)31-21-10-8-19(9-11-21)28(35)37-3/h4-14H,16H2,1-3H3,(H,31,34)(H,32,33)/b20-12-. The average Bonchev–Trinajstić information content (AvgIpc) is 2.91. The molecule has 0 aliphatic carbocycles. The van der Waals surface area contributed by atoms with Crippen LogP contribution in [0.1, 0.15) is 21.5 Å². The average molecular weight is 625 g/mol. The van der Waals surface area contributed by atoms with Crippen molar-refractivity contribution in [2.75, 3.05) is 31.5 Å². The summed E-state index contributed by atoms with van der Waals surface area (Å²) in [6, 6.07) is 18.7. The Balaban J connectivity index is 1.72. The summed E-state index contributed by atoms with van der Waals surface area (Å²) in [5.41, 5.74) is 2.74. The van der Waals surface area contributed by atoms with Crippen molar-refractivity contribution in [3.63, 3.8) is 0 Å². The molecule has 0 heterocycles. The van der Waals surface area contributed by atoms with Gasteiger partial charge in [0, 0.05) is 11.4 Å². The molecule has 0 atom stereocenters. The lowest BCUT2D eigenvalue weighted by atomic mass is 10.1. The van der Waals surface area contributed by atoms with Gasteiger partial charge in [0.25, 0.3) is 11.8 Å². The number of esters is 1. The number of anilines is 2. The molecule has 2 amide bonds. The van der Waals surface area contributed by atoms with E-state index >= 15 is 0 Å². The van der Waals surface area contributed by atoms with E-state index < -0.39 is 11.9 Å². The Morgan fingerprint density at radius 3 is 2.37 bits per heavy atom. The molecule has 10 heteroatoms. The Labute approximate surface area is 233 Å². The van der Waals surface area contributed by atoms with Crippen molar-refractivity contribution < 1.29 is 28.6 Å². The van der Waals surface area contributed by atoms with Crippen LogP contribution in [-0.4, -0.2) is 38.6 Å². The highest BCUT2D eigenvalue weighted by Gasteiger charge is 2.16. The lowest BCUT2D eigenvalue weighted by Gasteiger charge is -2.14. The number of aryl methyl sites for hydroxylation is 1. The van der Waals surface area contributed by atoms with E-state index in [1.807, 2.05) is 53.8 Å². The van der Waals surface area contributed by atoms with E-state index in [-0.39, 0.29) is 18.1 Å². The fraction of sp³-hybridized carbons (Fsp3) is 0.143. The van der Waals surface area contributed by atoms with Crippen LogP contribution in [0.3, 0.4) is 0 Å². The van der Waals surface area contributed by atoms with E-state index in [2.05, 4.69) is 15.4 Å². The quantitative estimate of drug-likeness (QED) is 0.149. The number of nitriles is 1. The van der Waals surface area contributed by atoms with E-state index in [1.165, 1.54) is 44.6 Å².